The molecule has 0 amide bonds. The molecule has 0 bridgehead atoms. The normalized spacial score (nSPS) is 13.5. The number of aliphatic hydroxyl groups excluding tert-OH is 2. The molecule has 62 valence electrons. The van der Waals surface area contributed by atoms with Crippen molar-refractivity contribution in [1.82, 2.24) is 0 Å². The topological polar surface area (TPSA) is 49.7 Å². The smallest absolute Gasteiger partial charge is 0.156 e. The Labute approximate surface area is 61.6 Å². The maximum atomic E-state index is 8.89. The SMILES string of the molecule is CCCCOC(O)CCO. The van der Waals surface area contributed by atoms with E-state index in [9.17, 15) is 0 Å². The largest absolute Gasteiger partial charge is 0.396 e. The summed E-state index contributed by atoms with van der Waals surface area (Å²) in [6, 6.07) is 0. The van der Waals surface area contributed by atoms with Crippen LogP contribution < -0.4 is 0 Å². The van der Waals surface area contributed by atoms with E-state index in [1.165, 1.54) is 0 Å². The minimum absolute atomic E-state index is 0.0205. The number of unbranched alkanes of at least 4 members (excludes halogenated alkanes) is 1. The van der Waals surface area contributed by atoms with Crippen LogP contribution in [0, 0.1) is 0 Å². The fourth-order valence-electron chi connectivity index (χ4n) is 0.557. The van der Waals surface area contributed by atoms with Crippen LogP contribution in [0.1, 0.15) is 26.2 Å². The van der Waals surface area contributed by atoms with Crippen LogP contribution in [0.2, 0.25) is 0 Å². The van der Waals surface area contributed by atoms with Gasteiger partial charge in [0.2, 0.25) is 0 Å². The first-order valence-electron chi connectivity index (χ1n) is 3.71. The fraction of sp³-hybridized carbons (Fsp3) is 1.00. The molecule has 0 heterocycles. The van der Waals surface area contributed by atoms with E-state index in [1.807, 2.05) is 0 Å². The van der Waals surface area contributed by atoms with Gasteiger partial charge in [-0.05, 0) is 6.42 Å². The van der Waals surface area contributed by atoms with E-state index in [0.29, 0.717) is 13.0 Å². The van der Waals surface area contributed by atoms with Crippen molar-refractivity contribution in [1.29, 1.82) is 0 Å². The lowest BCUT2D eigenvalue weighted by atomic mass is 10.3. The molecule has 0 aliphatic heterocycles. The molecule has 1 atom stereocenters. The van der Waals surface area contributed by atoms with Gasteiger partial charge in [-0.3, -0.25) is 0 Å². The zero-order valence-corrected chi connectivity index (χ0v) is 6.42. The second kappa shape index (κ2) is 6.99. The van der Waals surface area contributed by atoms with Crippen molar-refractivity contribution >= 4 is 0 Å². The molecule has 0 radical (unpaired) electrons. The molecule has 0 saturated carbocycles. The van der Waals surface area contributed by atoms with Crippen molar-refractivity contribution < 1.29 is 14.9 Å². The van der Waals surface area contributed by atoms with Gasteiger partial charge in [0.15, 0.2) is 6.29 Å². The molecule has 0 aliphatic carbocycles. The van der Waals surface area contributed by atoms with Gasteiger partial charge in [0.25, 0.3) is 0 Å². The molecule has 3 heteroatoms. The van der Waals surface area contributed by atoms with E-state index in [4.69, 9.17) is 14.9 Å². The molecule has 2 N–H and O–H groups in total. The summed E-state index contributed by atoms with van der Waals surface area (Å²) in [5.41, 5.74) is 0. The van der Waals surface area contributed by atoms with Gasteiger partial charge in [-0.15, -0.1) is 0 Å². The van der Waals surface area contributed by atoms with E-state index in [-0.39, 0.29) is 6.61 Å². The van der Waals surface area contributed by atoms with Gasteiger partial charge in [0, 0.05) is 19.6 Å². The summed E-state index contributed by atoms with van der Waals surface area (Å²) in [6.07, 6.45) is 1.55. The summed E-state index contributed by atoms with van der Waals surface area (Å²) in [4.78, 5) is 0. The van der Waals surface area contributed by atoms with Crippen molar-refractivity contribution in [3.05, 3.63) is 0 Å². The van der Waals surface area contributed by atoms with Crippen LogP contribution in [0.25, 0.3) is 0 Å². The first-order chi connectivity index (χ1) is 4.81. The van der Waals surface area contributed by atoms with Crippen LogP contribution in [-0.4, -0.2) is 29.7 Å². The average molecular weight is 148 g/mol. The molecule has 0 aromatic heterocycles. The van der Waals surface area contributed by atoms with Gasteiger partial charge in [-0.25, -0.2) is 0 Å². The Kier molecular flexibility index (Phi) is 6.91. The molecule has 0 aromatic rings. The molecule has 0 saturated heterocycles. The lowest BCUT2D eigenvalue weighted by Crippen LogP contribution is -2.14. The standard InChI is InChI=1S/C7H16O3/c1-2-3-6-10-7(9)4-5-8/h7-9H,2-6H2,1H3. The van der Waals surface area contributed by atoms with Gasteiger partial charge in [0.1, 0.15) is 0 Å². The van der Waals surface area contributed by atoms with Gasteiger partial charge in [-0.1, -0.05) is 13.3 Å². The molecule has 0 fully saturated rings. The maximum absolute atomic E-state index is 8.89. The third-order valence-electron chi connectivity index (χ3n) is 1.18. The number of aliphatic hydroxyl groups is 2. The number of ether oxygens (including phenoxy) is 1. The molecule has 10 heavy (non-hydrogen) atoms. The first kappa shape index (κ1) is 9.88. The van der Waals surface area contributed by atoms with E-state index < -0.39 is 6.29 Å². The number of hydrogen-bond acceptors (Lipinski definition) is 3. The van der Waals surface area contributed by atoms with E-state index in [0.717, 1.165) is 12.8 Å². The molecular weight excluding hydrogens is 132 g/mol. The van der Waals surface area contributed by atoms with Crippen LogP contribution in [0.4, 0.5) is 0 Å². The highest BCUT2D eigenvalue weighted by Gasteiger charge is 2.00. The highest BCUT2D eigenvalue weighted by atomic mass is 16.6. The first-order valence-corrected chi connectivity index (χ1v) is 3.71. The van der Waals surface area contributed by atoms with Crippen LogP contribution >= 0.6 is 0 Å². The van der Waals surface area contributed by atoms with Crippen molar-refractivity contribution in [3.8, 4) is 0 Å². The lowest BCUT2D eigenvalue weighted by molar-refractivity contribution is -0.109. The van der Waals surface area contributed by atoms with Crippen molar-refractivity contribution in [2.75, 3.05) is 13.2 Å². The summed E-state index contributed by atoms with van der Waals surface area (Å²) < 4.78 is 4.92. The van der Waals surface area contributed by atoms with Crippen molar-refractivity contribution in [3.63, 3.8) is 0 Å². The Morgan fingerprint density at radius 1 is 1.50 bits per heavy atom. The summed E-state index contributed by atoms with van der Waals surface area (Å²) in [5, 5.41) is 17.2. The van der Waals surface area contributed by atoms with Gasteiger partial charge in [-0.2, -0.15) is 0 Å². The van der Waals surface area contributed by atoms with Gasteiger partial charge >= 0.3 is 0 Å². The molecular formula is C7H16O3. The monoisotopic (exact) mass is 148 g/mol. The predicted octanol–water partition coefficient (Wildman–Crippen LogP) is 0.504. The molecule has 1 unspecified atom stereocenters. The Morgan fingerprint density at radius 2 is 2.20 bits per heavy atom. The Bertz CT molecular complexity index is 65.9. The van der Waals surface area contributed by atoms with E-state index in [2.05, 4.69) is 6.92 Å². The van der Waals surface area contributed by atoms with Crippen LogP contribution in [-0.2, 0) is 4.74 Å². The Morgan fingerprint density at radius 3 is 2.70 bits per heavy atom. The van der Waals surface area contributed by atoms with Crippen molar-refractivity contribution in [2.24, 2.45) is 0 Å². The summed E-state index contributed by atoms with van der Waals surface area (Å²) in [6.45, 7) is 2.62. The lowest BCUT2D eigenvalue weighted by Gasteiger charge is -2.08. The molecule has 0 aliphatic rings. The number of rotatable bonds is 6. The second-order valence-electron chi connectivity index (χ2n) is 2.19. The summed E-state index contributed by atoms with van der Waals surface area (Å²) in [5.74, 6) is 0. The molecule has 0 aromatic carbocycles. The predicted molar refractivity (Wildman–Crippen MR) is 38.6 cm³/mol. The molecule has 3 nitrogen and oxygen atoms in total. The highest BCUT2D eigenvalue weighted by molar-refractivity contribution is 4.39. The molecule has 0 rings (SSSR count). The third-order valence-corrected chi connectivity index (χ3v) is 1.18. The fourth-order valence-corrected chi connectivity index (χ4v) is 0.557. The summed E-state index contributed by atoms with van der Waals surface area (Å²) >= 11 is 0. The highest BCUT2D eigenvalue weighted by Crippen LogP contribution is 1.95. The minimum atomic E-state index is -0.781. The van der Waals surface area contributed by atoms with Crippen LogP contribution in [0.5, 0.6) is 0 Å². The van der Waals surface area contributed by atoms with E-state index >= 15 is 0 Å². The molecule has 0 spiro atoms. The number of hydrogen-bond donors (Lipinski definition) is 2. The van der Waals surface area contributed by atoms with Gasteiger partial charge in [0.05, 0.1) is 0 Å². The second-order valence-corrected chi connectivity index (χ2v) is 2.19. The van der Waals surface area contributed by atoms with Crippen LogP contribution in [0.15, 0.2) is 0 Å². The quantitative estimate of drug-likeness (QED) is 0.426. The van der Waals surface area contributed by atoms with Crippen molar-refractivity contribution in [2.45, 2.75) is 32.5 Å². The summed E-state index contributed by atoms with van der Waals surface area (Å²) in [7, 11) is 0. The third kappa shape index (κ3) is 6.01. The Hall–Kier alpha value is -0.120. The van der Waals surface area contributed by atoms with Gasteiger partial charge < -0.3 is 14.9 Å². The Balaban J connectivity index is 2.97. The zero-order chi connectivity index (χ0) is 7.82. The van der Waals surface area contributed by atoms with Crippen LogP contribution in [0.3, 0.4) is 0 Å². The maximum Gasteiger partial charge on any atom is 0.156 e. The zero-order valence-electron chi connectivity index (χ0n) is 6.42. The average Bonchev–Trinajstić information content (AvgIpc) is 1.89. The van der Waals surface area contributed by atoms with E-state index in [1.54, 1.807) is 0 Å². The minimum Gasteiger partial charge on any atom is -0.396 e.